The monoisotopic (exact) mass is 285 g/mol. The summed E-state index contributed by atoms with van der Waals surface area (Å²) in [5.74, 6) is 0.768. The first kappa shape index (κ1) is 16.0. The zero-order valence-electron chi connectivity index (χ0n) is 12.1. The zero-order valence-corrected chi connectivity index (χ0v) is 12.9. The highest BCUT2D eigenvalue weighted by molar-refractivity contribution is 7.99. The molecule has 0 spiro atoms. The van der Waals surface area contributed by atoms with Crippen molar-refractivity contribution in [2.45, 2.75) is 37.1 Å². The van der Waals surface area contributed by atoms with Crippen molar-refractivity contribution in [1.82, 2.24) is 15.1 Å². The number of hydrogen-bond donors (Lipinski definition) is 1. The molecule has 5 nitrogen and oxygen atoms in total. The molecule has 19 heavy (non-hydrogen) atoms. The van der Waals surface area contributed by atoms with Gasteiger partial charge < -0.3 is 10.1 Å². The Hall–Kier alpha value is -1.01. The number of aryl methyl sites for hydroxylation is 1. The molecular weight excluding hydrogens is 262 g/mol. The maximum atomic E-state index is 11.8. The van der Waals surface area contributed by atoms with Crippen LogP contribution in [0.25, 0.3) is 0 Å². The van der Waals surface area contributed by atoms with Gasteiger partial charge in [-0.3, -0.25) is 9.48 Å². The van der Waals surface area contributed by atoms with Crippen LogP contribution < -0.4 is 5.32 Å². The number of methoxy groups -OCH3 is 1. The van der Waals surface area contributed by atoms with Crippen LogP contribution in [0.3, 0.4) is 0 Å². The van der Waals surface area contributed by atoms with Crippen LogP contribution >= 0.6 is 11.8 Å². The Morgan fingerprint density at radius 3 is 2.89 bits per heavy atom. The molecule has 0 aliphatic rings. The number of likely N-dealkylation sites (N-methyl/N-ethyl adjacent to an activating group) is 1. The van der Waals surface area contributed by atoms with Gasteiger partial charge in [0.2, 0.25) is 0 Å². The van der Waals surface area contributed by atoms with E-state index in [1.54, 1.807) is 16.4 Å². The molecule has 0 amide bonds. The third kappa shape index (κ3) is 4.87. The number of hydrogen-bond acceptors (Lipinski definition) is 5. The lowest BCUT2D eigenvalue weighted by molar-refractivity contribution is -0.148. The molecule has 0 saturated heterocycles. The lowest BCUT2D eigenvalue weighted by atomic mass is 9.96. The van der Waals surface area contributed by atoms with Gasteiger partial charge in [0.1, 0.15) is 5.54 Å². The van der Waals surface area contributed by atoms with E-state index >= 15 is 0 Å². The molecule has 0 aromatic carbocycles. The van der Waals surface area contributed by atoms with Crippen LogP contribution in [0, 0.1) is 0 Å². The number of thioether (sulfide) groups is 1. The van der Waals surface area contributed by atoms with Gasteiger partial charge in [0.15, 0.2) is 0 Å². The van der Waals surface area contributed by atoms with Gasteiger partial charge in [0.05, 0.1) is 13.3 Å². The quantitative estimate of drug-likeness (QED) is 0.449. The molecule has 0 radical (unpaired) electrons. The van der Waals surface area contributed by atoms with E-state index in [1.165, 1.54) is 7.11 Å². The molecule has 1 unspecified atom stereocenters. The van der Waals surface area contributed by atoms with Crippen molar-refractivity contribution in [1.29, 1.82) is 0 Å². The van der Waals surface area contributed by atoms with Gasteiger partial charge in [0.25, 0.3) is 0 Å². The standard InChI is InChI=1S/C13H23N3O2S/c1-5-14-13(2,12(17)18-4)7-6-8-19-11-9-15-16(3)10-11/h9-10,14H,5-8H2,1-4H3. The fraction of sp³-hybridized carbons (Fsp3) is 0.692. The molecule has 1 rings (SSSR count). The summed E-state index contributed by atoms with van der Waals surface area (Å²) < 4.78 is 6.66. The van der Waals surface area contributed by atoms with E-state index in [0.29, 0.717) is 0 Å². The van der Waals surface area contributed by atoms with Gasteiger partial charge in [-0.2, -0.15) is 5.10 Å². The summed E-state index contributed by atoms with van der Waals surface area (Å²) in [6.45, 7) is 4.64. The molecule has 1 N–H and O–H groups in total. The number of esters is 1. The lowest BCUT2D eigenvalue weighted by Crippen LogP contribution is -2.50. The van der Waals surface area contributed by atoms with E-state index in [-0.39, 0.29) is 5.97 Å². The van der Waals surface area contributed by atoms with Crippen molar-refractivity contribution in [3.63, 3.8) is 0 Å². The van der Waals surface area contributed by atoms with Gasteiger partial charge in [-0.25, -0.2) is 0 Å². The van der Waals surface area contributed by atoms with E-state index in [1.807, 2.05) is 33.3 Å². The summed E-state index contributed by atoms with van der Waals surface area (Å²) in [6.07, 6.45) is 5.56. The van der Waals surface area contributed by atoms with Crippen molar-refractivity contribution in [3.05, 3.63) is 12.4 Å². The Balaban J connectivity index is 2.38. The molecule has 1 aromatic heterocycles. The van der Waals surface area contributed by atoms with Crippen LogP contribution in [0.5, 0.6) is 0 Å². The minimum atomic E-state index is -0.584. The predicted octanol–water partition coefficient (Wildman–Crippen LogP) is 1.83. The largest absolute Gasteiger partial charge is 0.468 e. The Kier molecular flexibility index (Phi) is 6.37. The van der Waals surface area contributed by atoms with Gasteiger partial charge in [0, 0.05) is 18.1 Å². The van der Waals surface area contributed by atoms with Gasteiger partial charge in [-0.05, 0) is 32.1 Å². The number of nitrogens with one attached hydrogen (secondary N) is 1. The zero-order chi connectivity index (χ0) is 14.3. The fourth-order valence-corrected chi connectivity index (χ4v) is 2.84. The molecule has 0 aliphatic carbocycles. The van der Waals surface area contributed by atoms with Gasteiger partial charge in [-0.1, -0.05) is 6.92 Å². The third-order valence-corrected chi connectivity index (χ3v) is 4.01. The Bertz CT molecular complexity index is 408. The first-order chi connectivity index (χ1) is 9.01. The average Bonchev–Trinajstić information content (AvgIpc) is 2.80. The average molecular weight is 285 g/mol. The minimum absolute atomic E-state index is 0.194. The Morgan fingerprint density at radius 1 is 1.63 bits per heavy atom. The first-order valence-corrected chi connectivity index (χ1v) is 7.45. The number of aromatic nitrogens is 2. The van der Waals surface area contributed by atoms with Crippen LogP contribution in [0.15, 0.2) is 17.3 Å². The lowest BCUT2D eigenvalue weighted by Gasteiger charge is -2.27. The highest BCUT2D eigenvalue weighted by Crippen LogP contribution is 2.21. The van der Waals surface area contributed by atoms with Crippen LogP contribution in [0.2, 0.25) is 0 Å². The molecule has 108 valence electrons. The maximum Gasteiger partial charge on any atom is 0.325 e. The summed E-state index contributed by atoms with van der Waals surface area (Å²) in [5, 5.41) is 7.34. The second-order valence-corrected chi connectivity index (χ2v) is 5.82. The summed E-state index contributed by atoms with van der Waals surface area (Å²) >= 11 is 1.76. The third-order valence-electron chi connectivity index (χ3n) is 2.97. The second-order valence-electron chi connectivity index (χ2n) is 4.66. The molecule has 1 atom stereocenters. The molecule has 0 aliphatic heterocycles. The van der Waals surface area contributed by atoms with E-state index in [9.17, 15) is 4.79 Å². The highest BCUT2D eigenvalue weighted by Gasteiger charge is 2.32. The van der Waals surface area contributed by atoms with Crippen LogP contribution in [0.1, 0.15) is 26.7 Å². The van der Waals surface area contributed by atoms with E-state index in [4.69, 9.17) is 4.74 Å². The van der Waals surface area contributed by atoms with Gasteiger partial charge in [-0.15, -0.1) is 11.8 Å². The topological polar surface area (TPSA) is 56.2 Å². The number of ether oxygens (including phenoxy) is 1. The molecular formula is C13H23N3O2S. The van der Waals surface area contributed by atoms with E-state index < -0.39 is 5.54 Å². The SMILES string of the molecule is CCNC(C)(CCCSc1cnn(C)c1)C(=O)OC. The van der Waals surface area contributed by atoms with E-state index in [2.05, 4.69) is 10.4 Å². The summed E-state index contributed by atoms with van der Waals surface area (Å²) in [5.41, 5.74) is -0.584. The maximum absolute atomic E-state index is 11.8. The number of carbonyl (C=O) groups excluding carboxylic acids is 1. The summed E-state index contributed by atoms with van der Waals surface area (Å²) in [7, 11) is 3.34. The second kappa shape index (κ2) is 7.55. The van der Waals surface area contributed by atoms with Gasteiger partial charge >= 0.3 is 5.97 Å². The normalized spacial score (nSPS) is 14.1. The van der Waals surface area contributed by atoms with Crippen LogP contribution in [-0.4, -0.2) is 40.7 Å². The summed E-state index contributed by atoms with van der Waals surface area (Å²) in [6, 6.07) is 0. The van der Waals surface area contributed by atoms with Crippen molar-refractivity contribution in [2.75, 3.05) is 19.4 Å². The highest BCUT2D eigenvalue weighted by atomic mass is 32.2. The molecule has 1 heterocycles. The number of nitrogens with zero attached hydrogens (tertiary/aromatic N) is 2. The number of rotatable bonds is 8. The van der Waals surface area contributed by atoms with Crippen LogP contribution in [0.4, 0.5) is 0 Å². The van der Waals surface area contributed by atoms with Crippen molar-refractivity contribution in [3.8, 4) is 0 Å². The van der Waals surface area contributed by atoms with E-state index in [0.717, 1.165) is 30.0 Å². The Morgan fingerprint density at radius 2 is 2.37 bits per heavy atom. The van der Waals surface area contributed by atoms with Crippen molar-refractivity contribution < 1.29 is 9.53 Å². The molecule has 0 bridgehead atoms. The molecule has 1 aromatic rings. The minimum Gasteiger partial charge on any atom is -0.468 e. The molecule has 0 fully saturated rings. The molecule has 0 saturated carbocycles. The predicted molar refractivity (Wildman–Crippen MR) is 77.3 cm³/mol. The van der Waals surface area contributed by atoms with Crippen molar-refractivity contribution in [2.24, 2.45) is 7.05 Å². The summed E-state index contributed by atoms with van der Waals surface area (Å²) in [4.78, 5) is 12.9. The Labute approximate surface area is 119 Å². The number of carbonyl (C=O) groups is 1. The smallest absolute Gasteiger partial charge is 0.325 e. The first-order valence-electron chi connectivity index (χ1n) is 6.46. The molecule has 6 heteroatoms. The van der Waals surface area contributed by atoms with Crippen molar-refractivity contribution >= 4 is 17.7 Å². The fourth-order valence-electron chi connectivity index (χ4n) is 1.97. The van der Waals surface area contributed by atoms with Crippen LogP contribution in [-0.2, 0) is 16.6 Å².